The third kappa shape index (κ3) is 4.42. The zero-order valence-corrected chi connectivity index (χ0v) is 17.4. The van der Waals surface area contributed by atoms with Gasteiger partial charge in [-0.25, -0.2) is 19.2 Å². The van der Waals surface area contributed by atoms with Gasteiger partial charge in [0, 0.05) is 41.8 Å². The Morgan fingerprint density at radius 1 is 1.29 bits per heavy atom. The first-order chi connectivity index (χ1) is 14.9. The second kappa shape index (κ2) is 8.58. The van der Waals surface area contributed by atoms with E-state index in [0.717, 1.165) is 17.7 Å². The molecule has 1 saturated heterocycles. The SMILES string of the molecule is C#Cc1cccc(Nc2ncnc3cc(F)c(NC(=O)N4CCC(N(C)C)C4)cc23)c1. The average Bonchev–Trinajstić information content (AvgIpc) is 3.26. The van der Waals surface area contributed by atoms with E-state index in [1.807, 2.05) is 38.4 Å². The van der Waals surface area contributed by atoms with Crippen LogP contribution in [0.1, 0.15) is 12.0 Å². The maximum absolute atomic E-state index is 14.7. The standard InChI is InChI=1S/C23H23FN6O/c1-4-15-6-5-7-16(10-15)27-22-18-11-21(19(24)12-20(18)25-14-26-22)28-23(31)30-9-8-17(13-30)29(2)3/h1,5-7,10-12,14,17H,8-9,13H2,2-3H3,(H,28,31)(H,25,26,27). The lowest BCUT2D eigenvalue weighted by Gasteiger charge is -2.21. The van der Waals surface area contributed by atoms with Crippen LogP contribution in [0.4, 0.5) is 26.4 Å². The van der Waals surface area contributed by atoms with E-state index in [9.17, 15) is 9.18 Å². The highest BCUT2D eigenvalue weighted by Gasteiger charge is 2.28. The average molecular weight is 418 g/mol. The van der Waals surface area contributed by atoms with E-state index in [-0.39, 0.29) is 11.7 Å². The Labute approximate surface area is 180 Å². The molecule has 0 bridgehead atoms. The number of fused-ring (bicyclic) bond motifs is 1. The van der Waals surface area contributed by atoms with E-state index in [4.69, 9.17) is 6.42 Å². The molecular weight excluding hydrogens is 395 g/mol. The van der Waals surface area contributed by atoms with Crippen molar-refractivity contribution in [2.45, 2.75) is 12.5 Å². The topological polar surface area (TPSA) is 73.4 Å². The van der Waals surface area contributed by atoms with Crippen molar-refractivity contribution in [3.05, 3.63) is 54.1 Å². The molecule has 2 aromatic carbocycles. The van der Waals surface area contributed by atoms with Gasteiger partial charge in [0.15, 0.2) is 0 Å². The molecule has 0 spiro atoms. The van der Waals surface area contributed by atoms with Gasteiger partial charge in [0.1, 0.15) is 18.0 Å². The Morgan fingerprint density at radius 2 is 2.13 bits per heavy atom. The van der Waals surface area contributed by atoms with Gasteiger partial charge in [0.2, 0.25) is 0 Å². The summed E-state index contributed by atoms with van der Waals surface area (Å²) < 4.78 is 14.7. The van der Waals surface area contributed by atoms with E-state index in [2.05, 4.69) is 31.4 Å². The number of rotatable bonds is 4. The second-order valence-electron chi connectivity index (χ2n) is 7.70. The number of urea groups is 1. The van der Waals surface area contributed by atoms with Crippen LogP contribution in [-0.4, -0.2) is 59.0 Å². The molecule has 7 nitrogen and oxygen atoms in total. The number of hydrogen-bond donors (Lipinski definition) is 2. The molecule has 1 aliphatic heterocycles. The minimum Gasteiger partial charge on any atom is -0.340 e. The van der Waals surface area contributed by atoms with Crippen molar-refractivity contribution in [1.82, 2.24) is 19.8 Å². The largest absolute Gasteiger partial charge is 0.340 e. The predicted molar refractivity (Wildman–Crippen MR) is 120 cm³/mol. The number of likely N-dealkylation sites (tertiary alicyclic amines) is 1. The molecule has 0 radical (unpaired) electrons. The quantitative estimate of drug-likeness (QED) is 0.633. The summed E-state index contributed by atoms with van der Waals surface area (Å²) in [6.07, 6.45) is 7.72. The van der Waals surface area contributed by atoms with Crippen LogP contribution in [0.25, 0.3) is 10.9 Å². The number of halogens is 1. The third-order valence-electron chi connectivity index (χ3n) is 5.44. The van der Waals surface area contributed by atoms with E-state index < -0.39 is 5.82 Å². The predicted octanol–water partition coefficient (Wildman–Crippen LogP) is 3.66. The molecule has 1 aliphatic rings. The molecule has 4 rings (SSSR count). The number of amides is 2. The summed E-state index contributed by atoms with van der Waals surface area (Å²) in [7, 11) is 3.98. The van der Waals surface area contributed by atoms with Crippen molar-refractivity contribution in [1.29, 1.82) is 0 Å². The monoisotopic (exact) mass is 418 g/mol. The summed E-state index contributed by atoms with van der Waals surface area (Å²) in [6.45, 7) is 1.24. The molecule has 2 amide bonds. The first kappa shape index (κ1) is 20.6. The van der Waals surface area contributed by atoms with Crippen molar-refractivity contribution in [2.75, 3.05) is 37.8 Å². The third-order valence-corrected chi connectivity index (χ3v) is 5.44. The summed E-state index contributed by atoms with van der Waals surface area (Å²) in [6, 6.07) is 10.2. The molecule has 3 aromatic rings. The van der Waals surface area contributed by atoms with Crippen molar-refractivity contribution in [2.24, 2.45) is 0 Å². The van der Waals surface area contributed by atoms with Crippen molar-refractivity contribution in [3.8, 4) is 12.3 Å². The number of aromatic nitrogens is 2. The van der Waals surface area contributed by atoms with Gasteiger partial charge in [0.05, 0.1) is 11.2 Å². The van der Waals surface area contributed by atoms with Gasteiger partial charge < -0.3 is 20.4 Å². The van der Waals surface area contributed by atoms with E-state index in [1.165, 1.54) is 12.4 Å². The number of carbonyl (C=O) groups is 1. The molecule has 2 heterocycles. The summed E-state index contributed by atoms with van der Waals surface area (Å²) in [5.74, 6) is 2.52. The van der Waals surface area contributed by atoms with E-state index >= 15 is 0 Å². The fourth-order valence-corrected chi connectivity index (χ4v) is 3.64. The molecule has 1 aromatic heterocycles. The van der Waals surface area contributed by atoms with Gasteiger partial charge in [-0.1, -0.05) is 12.0 Å². The summed E-state index contributed by atoms with van der Waals surface area (Å²) >= 11 is 0. The lowest BCUT2D eigenvalue weighted by Crippen LogP contribution is -2.37. The van der Waals surface area contributed by atoms with Crippen LogP contribution < -0.4 is 10.6 Å². The van der Waals surface area contributed by atoms with Crippen LogP contribution in [0.5, 0.6) is 0 Å². The maximum Gasteiger partial charge on any atom is 0.321 e. The number of carbonyl (C=O) groups excluding carboxylic acids is 1. The molecule has 1 atom stereocenters. The minimum absolute atomic E-state index is 0.0843. The number of anilines is 3. The minimum atomic E-state index is -0.553. The number of nitrogens with zero attached hydrogens (tertiary/aromatic N) is 4. The highest BCUT2D eigenvalue weighted by atomic mass is 19.1. The number of benzene rings is 2. The molecule has 0 aliphatic carbocycles. The fourth-order valence-electron chi connectivity index (χ4n) is 3.64. The zero-order chi connectivity index (χ0) is 22.0. The molecule has 1 unspecified atom stereocenters. The van der Waals surface area contributed by atoms with Crippen molar-refractivity contribution >= 4 is 34.1 Å². The van der Waals surface area contributed by atoms with Gasteiger partial charge in [-0.15, -0.1) is 6.42 Å². The molecule has 0 saturated carbocycles. The molecular formula is C23H23FN6O. The van der Waals surface area contributed by atoms with Crippen LogP contribution in [0.15, 0.2) is 42.7 Å². The highest BCUT2D eigenvalue weighted by Crippen LogP contribution is 2.28. The van der Waals surface area contributed by atoms with Crippen LogP contribution in [-0.2, 0) is 0 Å². The molecule has 2 N–H and O–H groups in total. The first-order valence-corrected chi connectivity index (χ1v) is 9.95. The van der Waals surface area contributed by atoms with Crippen LogP contribution in [0.2, 0.25) is 0 Å². The Bertz CT molecular complexity index is 1170. The Kier molecular flexibility index (Phi) is 5.69. The number of terminal acetylenes is 1. The van der Waals surface area contributed by atoms with Crippen LogP contribution in [0, 0.1) is 18.2 Å². The zero-order valence-electron chi connectivity index (χ0n) is 17.4. The van der Waals surface area contributed by atoms with Gasteiger partial charge in [-0.3, -0.25) is 0 Å². The lowest BCUT2D eigenvalue weighted by molar-refractivity contribution is 0.216. The highest BCUT2D eigenvalue weighted by molar-refractivity contribution is 5.97. The lowest BCUT2D eigenvalue weighted by atomic mass is 10.1. The number of nitrogens with one attached hydrogen (secondary N) is 2. The molecule has 8 heteroatoms. The van der Waals surface area contributed by atoms with Crippen molar-refractivity contribution in [3.63, 3.8) is 0 Å². The van der Waals surface area contributed by atoms with Gasteiger partial charge in [-0.05, 0) is 44.8 Å². The maximum atomic E-state index is 14.7. The van der Waals surface area contributed by atoms with Crippen molar-refractivity contribution < 1.29 is 9.18 Å². The molecule has 31 heavy (non-hydrogen) atoms. The number of likely N-dealkylation sites (N-methyl/N-ethyl adjacent to an activating group) is 1. The Balaban J connectivity index is 1.60. The normalized spacial score (nSPS) is 15.8. The van der Waals surface area contributed by atoms with Gasteiger partial charge in [0.25, 0.3) is 0 Å². The number of hydrogen-bond acceptors (Lipinski definition) is 5. The summed E-state index contributed by atoms with van der Waals surface area (Å²) in [5, 5.41) is 6.48. The van der Waals surface area contributed by atoms with Crippen LogP contribution >= 0.6 is 0 Å². The Hall–Kier alpha value is -3.70. The van der Waals surface area contributed by atoms with Gasteiger partial charge in [-0.2, -0.15) is 0 Å². The fraction of sp³-hybridized carbons (Fsp3) is 0.261. The van der Waals surface area contributed by atoms with Crippen LogP contribution in [0.3, 0.4) is 0 Å². The Morgan fingerprint density at radius 3 is 2.87 bits per heavy atom. The first-order valence-electron chi connectivity index (χ1n) is 9.95. The molecule has 1 fully saturated rings. The van der Waals surface area contributed by atoms with E-state index in [1.54, 1.807) is 11.0 Å². The molecule has 158 valence electrons. The smallest absolute Gasteiger partial charge is 0.321 e. The summed E-state index contributed by atoms with van der Waals surface area (Å²) in [4.78, 5) is 24.9. The summed E-state index contributed by atoms with van der Waals surface area (Å²) in [5.41, 5.74) is 1.98. The van der Waals surface area contributed by atoms with Gasteiger partial charge >= 0.3 is 6.03 Å². The second-order valence-corrected chi connectivity index (χ2v) is 7.70. The van der Waals surface area contributed by atoms with E-state index in [0.29, 0.717) is 35.9 Å².